The molecule has 0 amide bonds. The Bertz CT molecular complexity index is 332. The van der Waals surface area contributed by atoms with Crippen LogP contribution in [-0.2, 0) is 4.79 Å². The molecular formula is C10H9Cl2NO. The summed E-state index contributed by atoms with van der Waals surface area (Å²) in [6.07, 6.45) is 1.96. The van der Waals surface area contributed by atoms with E-state index in [0.29, 0.717) is 11.6 Å². The van der Waals surface area contributed by atoms with Crippen molar-refractivity contribution in [3.63, 3.8) is 0 Å². The van der Waals surface area contributed by atoms with Crippen molar-refractivity contribution in [3.8, 4) is 0 Å². The molecule has 1 aromatic carbocycles. The third-order valence-electron chi connectivity index (χ3n) is 1.55. The zero-order valence-corrected chi connectivity index (χ0v) is 8.92. The van der Waals surface area contributed by atoms with Crippen molar-refractivity contribution >= 4 is 34.7 Å². The fourth-order valence-electron chi connectivity index (χ4n) is 0.871. The minimum absolute atomic E-state index is 0.269. The normalized spacial score (nSPS) is 10.7. The molecule has 0 bridgehead atoms. The highest BCUT2D eigenvalue weighted by Gasteiger charge is 1.92. The van der Waals surface area contributed by atoms with Crippen molar-refractivity contribution in [2.24, 2.45) is 4.99 Å². The van der Waals surface area contributed by atoms with Gasteiger partial charge in [0, 0.05) is 24.2 Å². The molecule has 0 unspecified atom stereocenters. The number of aliphatic imine (C=N–C) groups is 1. The lowest BCUT2D eigenvalue weighted by Crippen LogP contribution is -1.90. The number of nitrogens with zero attached hydrogens (tertiary/aromatic N) is 1. The molecule has 0 fully saturated rings. The van der Waals surface area contributed by atoms with Crippen LogP contribution in [-0.4, -0.2) is 18.0 Å². The molecule has 1 aromatic rings. The Balaban J connectivity index is 2.44. The average molecular weight is 230 g/mol. The van der Waals surface area contributed by atoms with Crippen molar-refractivity contribution < 1.29 is 4.79 Å². The Kier molecular flexibility index (Phi) is 4.63. The van der Waals surface area contributed by atoms with Crippen molar-refractivity contribution in [1.29, 1.82) is 0 Å². The topological polar surface area (TPSA) is 29.4 Å². The predicted molar refractivity (Wildman–Crippen MR) is 59.4 cm³/mol. The highest BCUT2D eigenvalue weighted by Crippen LogP contribution is 2.07. The minimum atomic E-state index is -0.363. The van der Waals surface area contributed by atoms with Gasteiger partial charge in [-0.1, -0.05) is 23.7 Å². The van der Waals surface area contributed by atoms with E-state index in [-0.39, 0.29) is 11.7 Å². The van der Waals surface area contributed by atoms with Crippen LogP contribution in [0, 0.1) is 0 Å². The van der Waals surface area contributed by atoms with E-state index in [4.69, 9.17) is 23.2 Å². The molecule has 0 atom stereocenters. The fraction of sp³-hybridized carbons (Fsp3) is 0.200. The molecule has 0 spiro atoms. The molecule has 0 aliphatic rings. The smallest absolute Gasteiger partial charge is 0.223 e. The summed E-state index contributed by atoms with van der Waals surface area (Å²) in [4.78, 5) is 14.4. The van der Waals surface area contributed by atoms with Gasteiger partial charge >= 0.3 is 0 Å². The Morgan fingerprint density at radius 2 is 2.00 bits per heavy atom. The van der Waals surface area contributed by atoms with Crippen molar-refractivity contribution in [2.45, 2.75) is 6.42 Å². The SMILES string of the molecule is O=C(Cl)CC/N=C/c1ccc(Cl)cc1. The summed E-state index contributed by atoms with van der Waals surface area (Å²) in [7, 11) is 0. The van der Waals surface area contributed by atoms with Gasteiger partial charge in [-0.15, -0.1) is 0 Å². The summed E-state index contributed by atoms with van der Waals surface area (Å²) >= 11 is 10.9. The van der Waals surface area contributed by atoms with Crippen molar-refractivity contribution in [3.05, 3.63) is 34.9 Å². The van der Waals surface area contributed by atoms with Crippen LogP contribution in [0.1, 0.15) is 12.0 Å². The summed E-state index contributed by atoms with van der Waals surface area (Å²) in [5.41, 5.74) is 0.955. The monoisotopic (exact) mass is 229 g/mol. The third kappa shape index (κ3) is 4.40. The first-order chi connectivity index (χ1) is 6.68. The second kappa shape index (κ2) is 5.78. The lowest BCUT2D eigenvalue weighted by atomic mass is 10.2. The van der Waals surface area contributed by atoms with Crippen molar-refractivity contribution in [2.75, 3.05) is 6.54 Å². The molecule has 0 aliphatic heterocycles. The molecule has 0 radical (unpaired) electrons. The van der Waals surface area contributed by atoms with Gasteiger partial charge in [0.2, 0.25) is 5.24 Å². The summed E-state index contributed by atoms with van der Waals surface area (Å²) in [6, 6.07) is 7.29. The molecule has 2 nitrogen and oxygen atoms in total. The summed E-state index contributed by atoms with van der Waals surface area (Å²) in [5, 5.41) is 0.330. The van der Waals surface area contributed by atoms with E-state index in [1.807, 2.05) is 12.1 Å². The lowest BCUT2D eigenvalue weighted by Gasteiger charge is -1.92. The van der Waals surface area contributed by atoms with Gasteiger partial charge in [-0.3, -0.25) is 9.79 Å². The van der Waals surface area contributed by atoms with Gasteiger partial charge in [-0.2, -0.15) is 0 Å². The number of benzene rings is 1. The van der Waals surface area contributed by atoms with Gasteiger partial charge in [-0.05, 0) is 29.3 Å². The molecule has 0 aliphatic carbocycles. The quantitative estimate of drug-likeness (QED) is 0.577. The van der Waals surface area contributed by atoms with Gasteiger partial charge in [0.1, 0.15) is 0 Å². The van der Waals surface area contributed by atoms with E-state index < -0.39 is 0 Å². The first-order valence-electron chi connectivity index (χ1n) is 4.12. The largest absolute Gasteiger partial charge is 0.292 e. The maximum absolute atomic E-state index is 10.4. The number of carbonyl (C=O) groups is 1. The van der Waals surface area contributed by atoms with E-state index in [9.17, 15) is 4.79 Å². The van der Waals surface area contributed by atoms with E-state index in [2.05, 4.69) is 4.99 Å². The molecule has 0 saturated carbocycles. The van der Waals surface area contributed by atoms with Crippen LogP contribution in [0.4, 0.5) is 0 Å². The van der Waals surface area contributed by atoms with Gasteiger partial charge in [0.05, 0.1) is 0 Å². The molecule has 1 rings (SSSR count). The fourth-order valence-corrected chi connectivity index (χ4v) is 1.08. The van der Waals surface area contributed by atoms with E-state index >= 15 is 0 Å². The van der Waals surface area contributed by atoms with E-state index in [0.717, 1.165) is 5.56 Å². The lowest BCUT2D eigenvalue weighted by molar-refractivity contribution is -0.111. The first kappa shape index (κ1) is 11.2. The third-order valence-corrected chi connectivity index (χ3v) is 1.99. The maximum atomic E-state index is 10.4. The summed E-state index contributed by atoms with van der Waals surface area (Å²) in [6.45, 7) is 0.422. The number of carbonyl (C=O) groups excluding carboxylic acids is 1. The molecule has 0 aromatic heterocycles. The molecule has 4 heteroatoms. The van der Waals surface area contributed by atoms with Gasteiger partial charge < -0.3 is 0 Å². The molecule has 0 saturated heterocycles. The number of hydrogen-bond donors (Lipinski definition) is 0. The van der Waals surface area contributed by atoms with Crippen LogP contribution in [0.25, 0.3) is 0 Å². The highest BCUT2D eigenvalue weighted by atomic mass is 35.5. The summed E-state index contributed by atoms with van der Waals surface area (Å²) in [5.74, 6) is 0. The molecule has 0 N–H and O–H groups in total. The van der Waals surface area contributed by atoms with Crippen LogP contribution in [0.3, 0.4) is 0 Å². The highest BCUT2D eigenvalue weighted by molar-refractivity contribution is 6.63. The van der Waals surface area contributed by atoms with Crippen LogP contribution in [0.15, 0.2) is 29.3 Å². The Morgan fingerprint density at radius 1 is 1.36 bits per heavy atom. The maximum Gasteiger partial charge on any atom is 0.223 e. The van der Waals surface area contributed by atoms with Crippen LogP contribution < -0.4 is 0 Å². The first-order valence-corrected chi connectivity index (χ1v) is 4.88. The van der Waals surface area contributed by atoms with Gasteiger partial charge in [-0.25, -0.2) is 0 Å². The number of halogens is 2. The molecule has 0 heterocycles. The Hall–Kier alpha value is -0.860. The number of hydrogen-bond acceptors (Lipinski definition) is 2. The standard InChI is InChI=1S/C10H9Cl2NO/c11-9-3-1-8(2-4-9)7-13-6-5-10(12)14/h1-4,7H,5-6H2/b13-7+. The van der Waals surface area contributed by atoms with Crippen LogP contribution in [0.2, 0.25) is 5.02 Å². The average Bonchev–Trinajstić information content (AvgIpc) is 2.15. The molecule has 74 valence electrons. The minimum Gasteiger partial charge on any atom is -0.292 e. The Labute approximate surface area is 92.6 Å². The van der Waals surface area contributed by atoms with Gasteiger partial charge in [0.15, 0.2) is 0 Å². The molecular weight excluding hydrogens is 221 g/mol. The number of rotatable bonds is 4. The Morgan fingerprint density at radius 3 is 2.57 bits per heavy atom. The van der Waals surface area contributed by atoms with Crippen molar-refractivity contribution in [1.82, 2.24) is 0 Å². The van der Waals surface area contributed by atoms with Crippen LogP contribution >= 0.6 is 23.2 Å². The van der Waals surface area contributed by atoms with Gasteiger partial charge in [0.25, 0.3) is 0 Å². The molecule has 14 heavy (non-hydrogen) atoms. The van der Waals surface area contributed by atoms with E-state index in [1.54, 1.807) is 18.3 Å². The van der Waals surface area contributed by atoms with Crippen LogP contribution in [0.5, 0.6) is 0 Å². The zero-order valence-electron chi connectivity index (χ0n) is 7.41. The second-order valence-electron chi connectivity index (χ2n) is 2.69. The second-order valence-corrected chi connectivity index (χ2v) is 3.55. The summed E-state index contributed by atoms with van der Waals surface area (Å²) < 4.78 is 0. The van der Waals surface area contributed by atoms with E-state index in [1.165, 1.54) is 0 Å². The predicted octanol–water partition coefficient (Wildman–Crippen LogP) is 2.91. The zero-order chi connectivity index (χ0) is 10.4.